The van der Waals surface area contributed by atoms with E-state index in [-0.39, 0.29) is 0 Å². The Balaban J connectivity index is 1.97. The third-order valence-electron chi connectivity index (χ3n) is 3.14. The van der Waals surface area contributed by atoms with Crippen LogP contribution >= 0.6 is 11.6 Å². The molecule has 0 aliphatic rings. The van der Waals surface area contributed by atoms with E-state index in [9.17, 15) is 0 Å². The molecule has 1 N–H and O–H groups in total. The topological polar surface area (TPSA) is 38.1 Å². The van der Waals surface area contributed by atoms with Gasteiger partial charge in [-0.15, -0.1) is 0 Å². The second-order valence-corrected chi connectivity index (χ2v) is 5.09. The standard InChI is InChI=1S/C16H15ClN2O/c1-2-18-8-11-5-13(10-19-9-11)16-7-12-6-14(17)3-4-15(12)20-16/h3-7,9-10,18H,2,8H2,1H3. The van der Waals surface area contributed by atoms with Crippen LogP contribution in [0, 0.1) is 0 Å². The number of rotatable bonds is 4. The molecular weight excluding hydrogens is 272 g/mol. The van der Waals surface area contributed by atoms with E-state index in [0.717, 1.165) is 40.9 Å². The lowest BCUT2D eigenvalue weighted by Gasteiger charge is -2.03. The minimum Gasteiger partial charge on any atom is -0.456 e. The summed E-state index contributed by atoms with van der Waals surface area (Å²) < 4.78 is 5.85. The maximum absolute atomic E-state index is 5.99. The first kappa shape index (κ1) is 13.2. The van der Waals surface area contributed by atoms with E-state index in [1.165, 1.54) is 0 Å². The summed E-state index contributed by atoms with van der Waals surface area (Å²) in [6.07, 6.45) is 3.68. The Labute approximate surface area is 122 Å². The lowest BCUT2D eigenvalue weighted by Crippen LogP contribution is -2.11. The number of hydrogen-bond donors (Lipinski definition) is 1. The molecule has 0 aliphatic heterocycles. The van der Waals surface area contributed by atoms with E-state index < -0.39 is 0 Å². The fourth-order valence-corrected chi connectivity index (χ4v) is 2.33. The Morgan fingerprint density at radius 3 is 2.95 bits per heavy atom. The van der Waals surface area contributed by atoms with Gasteiger partial charge < -0.3 is 9.73 Å². The molecular formula is C16H15ClN2O. The summed E-state index contributed by atoms with van der Waals surface area (Å²) in [5, 5.41) is 5.01. The molecule has 0 saturated carbocycles. The van der Waals surface area contributed by atoms with Gasteiger partial charge in [0.05, 0.1) is 0 Å². The zero-order valence-corrected chi connectivity index (χ0v) is 11.9. The lowest BCUT2D eigenvalue weighted by molar-refractivity contribution is 0.630. The normalized spacial score (nSPS) is 11.1. The van der Waals surface area contributed by atoms with Gasteiger partial charge in [-0.25, -0.2) is 0 Å². The van der Waals surface area contributed by atoms with Crippen molar-refractivity contribution in [1.82, 2.24) is 10.3 Å². The van der Waals surface area contributed by atoms with Gasteiger partial charge >= 0.3 is 0 Å². The van der Waals surface area contributed by atoms with Crippen LogP contribution in [0.2, 0.25) is 5.02 Å². The van der Waals surface area contributed by atoms with Crippen LogP contribution in [0.5, 0.6) is 0 Å². The average molecular weight is 287 g/mol. The van der Waals surface area contributed by atoms with Crippen LogP contribution in [0.25, 0.3) is 22.3 Å². The molecule has 4 heteroatoms. The quantitative estimate of drug-likeness (QED) is 0.779. The summed E-state index contributed by atoms with van der Waals surface area (Å²) in [6, 6.07) is 9.71. The highest BCUT2D eigenvalue weighted by Gasteiger charge is 2.07. The Hall–Kier alpha value is -1.84. The van der Waals surface area contributed by atoms with Gasteiger partial charge in [0.15, 0.2) is 0 Å². The zero-order chi connectivity index (χ0) is 13.9. The maximum atomic E-state index is 5.99. The first-order valence-corrected chi connectivity index (χ1v) is 6.98. The van der Waals surface area contributed by atoms with Crippen molar-refractivity contribution in [2.24, 2.45) is 0 Å². The number of aromatic nitrogens is 1. The Morgan fingerprint density at radius 2 is 2.10 bits per heavy atom. The summed E-state index contributed by atoms with van der Waals surface area (Å²) >= 11 is 5.99. The molecule has 2 aromatic heterocycles. The van der Waals surface area contributed by atoms with Gasteiger partial charge in [0.1, 0.15) is 11.3 Å². The molecule has 0 fully saturated rings. The summed E-state index contributed by atoms with van der Waals surface area (Å²) in [5.41, 5.74) is 2.96. The van der Waals surface area contributed by atoms with Gasteiger partial charge in [0.25, 0.3) is 0 Å². The predicted octanol–water partition coefficient (Wildman–Crippen LogP) is 4.26. The first-order chi connectivity index (χ1) is 9.76. The van der Waals surface area contributed by atoms with Crippen molar-refractivity contribution < 1.29 is 4.42 Å². The number of fused-ring (bicyclic) bond motifs is 1. The van der Waals surface area contributed by atoms with Crippen molar-refractivity contribution in [2.75, 3.05) is 6.54 Å². The van der Waals surface area contributed by atoms with E-state index >= 15 is 0 Å². The number of pyridine rings is 1. The monoisotopic (exact) mass is 286 g/mol. The predicted molar refractivity (Wildman–Crippen MR) is 81.8 cm³/mol. The zero-order valence-electron chi connectivity index (χ0n) is 11.2. The molecule has 0 radical (unpaired) electrons. The lowest BCUT2D eigenvalue weighted by atomic mass is 10.1. The first-order valence-electron chi connectivity index (χ1n) is 6.60. The summed E-state index contributed by atoms with van der Waals surface area (Å²) in [4.78, 5) is 4.28. The van der Waals surface area contributed by atoms with Crippen LogP contribution in [0.3, 0.4) is 0 Å². The molecule has 3 nitrogen and oxygen atoms in total. The maximum Gasteiger partial charge on any atom is 0.136 e. The van der Waals surface area contributed by atoms with Gasteiger partial charge in [-0.1, -0.05) is 18.5 Å². The molecule has 20 heavy (non-hydrogen) atoms. The fraction of sp³-hybridized carbons (Fsp3) is 0.188. The number of hydrogen-bond acceptors (Lipinski definition) is 3. The Morgan fingerprint density at radius 1 is 1.20 bits per heavy atom. The second kappa shape index (κ2) is 5.65. The SMILES string of the molecule is CCNCc1cncc(-c2cc3cc(Cl)ccc3o2)c1. The van der Waals surface area contributed by atoms with Crippen molar-refractivity contribution in [3.05, 3.63) is 53.3 Å². The molecule has 2 heterocycles. The molecule has 3 aromatic rings. The number of furan rings is 1. The van der Waals surface area contributed by atoms with Crippen LogP contribution in [0.15, 0.2) is 47.1 Å². The molecule has 0 unspecified atom stereocenters. The Kier molecular flexibility index (Phi) is 3.72. The van der Waals surface area contributed by atoms with Gasteiger partial charge in [0, 0.05) is 34.9 Å². The molecule has 0 spiro atoms. The minimum absolute atomic E-state index is 0.712. The van der Waals surface area contributed by atoms with Gasteiger partial charge in [0.2, 0.25) is 0 Å². The largest absolute Gasteiger partial charge is 0.456 e. The molecule has 0 amide bonds. The van der Waals surface area contributed by atoms with Crippen LogP contribution in [0.1, 0.15) is 12.5 Å². The molecule has 3 rings (SSSR count). The highest BCUT2D eigenvalue weighted by atomic mass is 35.5. The fourth-order valence-electron chi connectivity index (χ4n) is 2.14. The van der Waals surface area contributed by atoms with Crippen LogP contribution in [-0.2, 0) is 6.54 Å². The third kappa shape index (κ3) is 2.69. The second-order valence-electron chi connectivity index (χ2n) is 4.65. The molecule has 0 atom stereocenters. The van der Waals surface area contributed by atoms with E-state index in [1.54, 1.807) is 0 Å². The highest BCUT2D eigenvalue weighted by molar-refractivity contribution is 6.31. The Bertz CT molecular complexity index is 736. The van der Waals surface area contributed by atoms with Crippen molar-refractivity contribution in [1.29, 1.82) is 0 Å². The van der Waals surface area contributed by atoms with E-state index in [4.69, 9.17) is 16.0 Å². The number of nitrogens with zero attached hydrogens (tertiary/aromatic N) is 1. The van der Waals surface area contributed by atoms with Crippen LogP contribution in [0.4, 0.5) is 0 Å². The number of nitrogens with one attached hydrogen (secondary N) is 1. The van der Waals surface area contributed by atoms with Gasteiger partial charge in [-0.3, -0.25) is 4.98 Å². The summed E-state index contributed by atoms with van der Waals surface area (Å²) in [5.74, 6) is 0.813. The van der Waals surface area contributed by atoms with Gasteiger partial charge in [-0.2, -0.15) is 0 Å². The van der Waals surface area contributed by atoms with E-state index in [1.807, 2.05) is 36.7 Å². The summed E-state index contributed by atoms with van der Waals surface area (Å²) in [7, 11) is 0. The van der Waals surface area contributed by atoms with Crippen molar-refractivity contribution in [3.63, 3.8) is 0 Å². The average Bonchev–Trinajstić information content (AvgIpc) is 2.88. The van der Waals surface area contributed by atoms with Gasteiger partial charge in [-0.05, 0) is 42.4 Å². The van der Waals surface area contributed by atoms with Crippen molar-refractivity contribution in [3.8, 4) is 11.3 Å². The van der Waals surface area contributed by atoms with Crippen LogP contribution in [-0.4, -0.2) is 11.5 Å². The van der Waals surface area contributed by atoms with Crippen LogP contribution < -0.4 is 5.32 Å². The van der Waals surface area contributed by atoms with Crippen molar-refractivity contribution >= 4 is 22.6 Å². The molecule has 0 bridgehead atoms. The minimum atomic E-state index is 0.712. The summed E-state index contributed by atoms with van der Waals surface area (Å²) in [6.45, 7) is 3.83. The number of benzene rings is 1. The number of halogens is 1. The molecule has 1 aromatic carbocycles. The third-order valence-corrected chi connectivity index (χ3v) is 3.37. The molecule has 0 saturated heterocycles. The smallest absolute Gasteiger partial charge is 0.136 e. The van der Waals surface area contributed by atoms with Crippen molar-refractivity contribution in [2.45, 2.75) is 13.5 Å². The van der Waals surface area contributed by atoms with E-state index in [2.05, 4.69) is 23.3 Å². The highest BCUT2D eigenvalue weighted by Crippen LogP contribution is 2.29. The molecule has 102 valence electrons. The van der Waals surface area contributed by atoms with E-state index in [0.29, 0.717) is 5.02 Å². The molecule has 0 aliphatic carbocycles.